The number of anilines is 1. The number of benzene rings is 2. The molecule has 2 aromatic carbocycles. The highest BCUT2D eigenvalue weighted by Crippen LogP contribution is 2.20. The van der Waals surface area contributed by atoms with Crippen LogP contribution in [0.1, 0.15) is 10.5 Å². The molecular weight excluding hydrogens is 306 g/mol. The minimum Gasteiger partial charge on any atom is -0.476 e. The Morgan fingerprint density at radius 1 is 0.958 bits per heavy atom. The molecular formula is C18H15N3O3. The topological polar surface area (TPSA) is 84.2 Å². The Morgan fingerprint density at radius 2 is 1.62 bits per heavy atom. The number of nitrogens with one attached hydrogen (secondary N) is 1. The summed E-state index contributed by atoms with van der Waals surface area (Å²) in [5.74, 6) is -1.40. The predicted octanol–water partition coefficient (Wildman–Crippen LogP) is 2.89. The summed E-state index contributed by atoms with van der Waals surface area (Å²) in [5.41, 5.74) is 2.75. The molecule has 2 N–H and O–H groups in total. The van der Waals surface area contributed by atoms with Crippen LogP contribution in [0.25, 0.3) is 11.1 Å². The third-order valence-corrected chi connectivity index (χ3v) is 3.44. The summed E-state index contributed by atoms with van der Waals surface area (Å²) in [6.45, 7) is -0.0479. The predicted molar refractivity (Wildman–Crippen MR) is 89.7 cm³/mol. The van der Waals surface area contributed by atoms with Crippen molar-refractivity contribution in [1.29, 1.82) is 0 Å². The van der Waals surface area contributed by atoms with Gasteiger partial charge >= 0.3 is 5.97 Å². The molecule has 120 valence electrons. The van der Waals surface area contributed by atoms with Crippen LogP contribution in [0, 0.1) is 0 Å². The molecule has 24 heavy (non-hydrogen) atoms. The molecule has 6 nitrogen and oxygen atoms in total. The third kappa shape index (κ3) is 3.67. The quantitative estimate of drug-likeness (QED) is 0.757. The van der Waals surface area contributed by atoms with Crippen molar-refractivity contribution in [2.75, 3.05) is 5.32 Å². The first-order valence-corrected chi connectivity index (χ1v) is 7.34. The first-order chi connectivity index (χ1) is 11.6. The summed E-state index contributed by atoms with van der Waals surface area (Å²) >= 11 is 0. The molecule has 6 heteroatoms. The average molecular weight is 321 g/mol. The fourth-order valence-electron chi connectivity index (χ4n) is 2.29. The van der Waals surface area contributed by atoms with E-state index in [0.717, 1.165) is 11.1 Å². The Bertz CT molecular complexity index is 855. The second-order valence-electron chi connectivity index (χ2n) is 5.20. The smallest absolute Gasteiger partial charge is 0.356 e. The lowest BCUT2D eigenvalue weighted by molar-refractivity contribution is -0.116. The van der Waals surface area contributed by atoms with Gasteiger partial charge < -0.3 is 10.4 Å². The monoisotopic (exact) mass is 321 g/mol. The molecule has 0 spiro atoms. The van der Waals surface area contributed by atoms with Gasteiger partial charge in [-0.1, -0.05) is 42.5 Å². The van der Waals surface area contributed by atoms with Gasteiger partial charge in [-0.25, -0.2) is 4.79 Å². The zero-order valence-electron chi connectivity index (χ0n) is 12.7. The minimum absolute atomic E-state index is 0.0479. The van der Waals surface area contributed by atoms with E-state index in [2.05, 4.69) is 10.4 Å². The molecule has 1 aromatic heterocycles. The average Bonchev–Trinajstić information content (AvgIpc) is 3.05. The van der Waals surface area contributed by atoms with Gasteiger partial charge in [0.2, 0.25) is 5.91 Å². The second kappa shape index (κ2) is 6.78. The normalized spacial score (nSPS) is 10.3. The van der Waals surface area contributed by atoms with Crippen molar-refractivity contribution in [3.8, 4) is 11.1 Å². The van der Waals surface area contributed by atoms with Gasteiger partial charge in [0, 0.05) is 11.9 Å². The SMILES string of the molecule is O=C(Cn1ccc(C(=O)O)n1)Nc1ccc(-c2ccccc2)cc1. The number of hydrogen-bond donors (Lipinski definition) is 2. The zero-order valence-corrected chi connectivity index (χ0v) is 12.7. The van der Waals surface area contributed by atoms with Gasteiger partial charge in [-0.05, 0) is 29.3 Å². The molecule has 0 saturated carbocycles. The lowest BCUT2D eigenvalue weighted by atomic mass is 10.1. The number of aromatic nitrogens is 2. The van der Waals surface area contributed by atoms with E-state index < -0.39 is 5.97 Å². The van der Waals surface area contributed by atoms with Gasteiger partial charge in [0.1, 0.15) is 6.54 Å². The molecule has 3 rings (SSSR count). The molecule has 3 aromatic rings. The van der Waals surface area contributed by atoms with Crippen LogP contribution < -0.4 is 5.32 Å². The number of amides is 1. The second-order valence-corrected chi connectivity index (χ2v) is 5.20. The van der Waals surface area contributed by atoms with Crippen LogP contribution in [0.2, 0.25) is 0 Å². The van der Waals surface area contributed by atoms with E-state index >= 15 is 0 Å². The fraction of sp³-hybridized carbons (Fsp3) is 0.0556. The Labute approximate surface area is 138 Å². The number of hydrogen-bond acceptors (Lipinski definition) is 3. The van der Waals surface area contributed by atoms with Crippen LogP contribution in [0.15, 0.2) is 66.9 Å². The summed E-state index contributed by atoms with van der Waals surface area (Å²) < 4.78 is 1.29. The van der Waals surface area contributed by atoms with Gasteiger partial charge in [-0.15, -0.1) is 0 Å². The van der Waals surface area contributed by atoms with Crippen molar-refractivity contribution < 1.29 is 14.7 Å². The van der Waals surface area contributed by atoms with Crippen LogP contribution in [-0.2, 0) is 11.3 Å². The van der Waals surface area contributed by atoms with Crippen molar-refractivity contribution in [2.45, 2.75) is 6.54 Å². The van der Waals surface area contributed by atoms with E-state index in [0.29, 0.717) is 5.69 Å². The summed E-state index contributed by atoms with van der Waals surface area (Å²) in [7, 11) is 0. The number of nitrogens with zero attached hydrogens (tertiary/aromatic N) is 2. The number of carboxylic acids is 1. The number of carbonyl (C=O) groups is 2. The zero-order chi connectivity index (χ0) is 16.9. The molecule has 1 heterocycles. The van der Waals surface area contributed by atoms with Crippen LogP contribution in [0.5, 0.6) is 0 Å². The number of rotatable bonds is 5. The first-order valence-electron chi connectivity index (χ1n) is 7.34. The maximum atomic E-state index is 12.0. The molecule has 1 amide bonds. The van der Waals surface area contributed by atoms with E-state index in [1.807, 2.05) is 54.6 Å². The van der Waals surface area contributed by atoms with Crippen molar-refractivity contribution in [2.24, 2.45) is 0 Å². The van der Waals surface area contributed by atoms with Crippen LogP contribution in [0.4, 0.5) is 5.69 Å². The van der Waals surface area contributed by atoms with Gasteiger partial charge in [0.15, 0.2) is 5.69 Å². The lowest BCUT2D eigenvalue weighted by Gasteiger charge is -2.07. The summed E-state index contributed by atoms with van der Waals surface area (Å²) in [5, 5.41) is 15.4. The number of carboxylic acid groups (broad SMARTS) is 1. The maximum absolute atomic E-state index is 12.0. The standard InChI is InChI=1S/C18H15N3O3/c22-17(12-21-11-10-16(20-21)18(23)24)19-15-8-6-14(7-9-15)13-4-2-1-3-5-13/h1-11H,12H2,(H,19,22)(H,23,24). The number of carbonyl (C=O) groups excluding carboxylic acids is 1. The van der Waals surface area contributed by atoms with Crippen molar-refractivity contribution in [3.05, 3.63) is 72.6 Å². The third-order valence-electron chi connectivity index (χ3n) is 3.44. The van der Waals surface area contributed by atoms with Crippen LogP contribution >= 0.6 is 0 Å². The highest BCUT2D eigenvalue weighted by molar-refractivity contribution is 5.91. The molecule has 0 aliphatic carbocycles. The Morgan fingerprint density at radius 3 is 2.25 bits per heavy atom. The molecule has 0 bridgehead atoms. The van der Waals surface area contributed by atoms with E-state index in [1.54, 1.807) is 0 Å². The minimum atomic E-state index is -1.12. The van der Waals surface area contributed by atoms with Crippen LogP contribution in [0.3, 0.4) is 0 Å². The Balaban J connectivity index is 1.63. The van der Waals surface area contributed by atoms with Gasteiger partial charge in [-0.3, -0.25) is 9.48 Å². The maximum Gasteiger partial charge on any atom is 0.356 e. The Hall–Kier alpha value is -3.41. The number of aromatic carboxylic acids is 1. The summed E-state index contributed by atoms with van der Waals surface area (Å²) in [4.78, 5) is 22.8. The van der Waals surface area contributed by atoms with Crippen molar-refractivity contribution in [1.82, 2.24) is 9.78 Å². The summed E-state index contributed by atoms with van der Waals surface area (Å²) in [6.07, 6.45) is 1.46. The molecule has 0 aliphatic rings. The molecule has 0 atom stereocenters. The van der Waals surface area contributed by atoms with E-state index in [-0.39, 0.29) is 18.1 Å². The summed E-state index contributed by atoms with van der Waals surface area (Å²) in [6, 6.07) is 18.8. The largest absolute Gasteiger partial charge is 0.476 e. The van der Waals surface area contributed by atoms with Gasteiger partial charge in [0.25, 0.3) is 0 Å². The van der Waals surface area contributed by atoms with Crippen molar-refractivity contribution >= 4 is 17.6 Å². The highest BCUT2D eigenvalue weighted by atomic mass is 16.4. The molecule has 0 fully saturated rings. The molecule has 0 unspecified atom stereocenters. The van der Waals surface area contributed by atoms with Gasteiger partial charge in [-0.2, -0.15) is 5.10 Å². The van der Waals surface area contributed by atoms with E-state index in [4.69, 9.17) is 5.11 Å². The molecule has 0 aliphatic heterocycles. The highest BCUT2D eigenvalue weighted by Gasteiger charge is 2.09. The first kappa shape index (κ1) is 15.5. The molecule has 0 radical (unpaired) electrons. The van der Waals surface area contributed by atoms with Crippen LogP contribution in [-0.4, -0.2) is 26.8 Å². The fourth-order valence-corrected chi connectivity index (χ4v) is 2.29. The molecule has 0 saturated heterocycles. The van der Waals surface area contributed by atoms with Gasteiger partial charge in [0.05, 0.1) is 0 Å². The van der Waals surface area contributed by atoms with E-state index in [9.17, 15) is 9.59 Å². The van der Waals surface area contributed by atoms with Crippen molar-refractivity contribution in [3.63, 3.8) is 0 Å². The lowest BCUT2D eigenvalue weighted by Crippen LogP contribution is -2.19. The van der Waals surface area contributed by atoms with E-state index in [1.165, 1.54) is 16.9 Å². The Kier molecular flexibility index (Phi) is 4.38.